The maximum Gasteiger partial charge on any atom is 0.416 e. The monoisotopic (exact) mass is 405 g/mol. The SMILES string of the molecule is Cc1nnnn1-c1ccc(C(=O)N2CCc3c(cccc3C(F)(F)F)C2)c(F)c1. The molecule has 2 aromatic carbocycles. The van der Waals surface area contributed by atoms with Gasteiger partial charge in [-0.15, -0.1) is 5.10 Å². The van der Waals surface area contributed by atoms with Crippen LogP contribution in [0.3, 0.4) is 0 Å². The number of hydrogen-bond donors (Lipinski definition) is 0. The average molecular weight is 405 g/mol. The van der Waals surface area contributed by atoms with E-state index in [9.17, 15) is 22.4 Å². The Hall–Kier alpha value is -3.30. The van der Waals surface area contributed by atoms with Gasteiger partial charge in [0.1, 0.15) is 5.82 Å². The lowest BCUT2D eigenvalue weighted by molar-refractivity contribution is -0.138. The fraction of sp³-hybridized carbons (Fsp3) is 0.263. The Morgan fingerprint density at radius 1 is 1.17 bits per heavy atom. The zero-order valence-corrected chi connectivity index (χ0v) is 15.2. The molecule has 0 unspecified atom stereocenters. The molecule has 0 spiro atoms. The highest BCUT2D eigenvalue weighted by Crippen LogP contribution is 2.35. The highest BCUT2D eigenvalue weighted by Gasteiger charge is 2.36. The maximum absolute atomic E-state index is 14.6. The summed E-state index contributed by atoms with van der Waals surface area (Å²) in [6, 6.07) is 7.91. The molecule has 4 rings (SSSR count). The summed E-state index contributed by atoms with van der Waals surface area (Å²) >= 11 is 0. The van der Waals surface area contributed by atoms with Crippen LogP contribution >= 0.6 is 0 Å². The van der Waals surface area contributed by atoms with Gasteiger partial charge in [-0.2, -0.15) is 17.9 Å². The van der Waals surface area contributed by atoms with Crippen molar-refractivity contribution in [2.45, 2.75) is 26.1 Å². The number of aromatic nitrogens is 4. The predicted octanol–water partition coefficient (Wildman–Crippen LogP) is 3.33. The molecule has 1 aromatic heterocycles. The topological polar surface area (TPSA) is 63.9 Å². The Labute approximate surface area is 162 Å². The minimum absolute atomic E-state index is 0.00855. The van der Waals surface area contributed by atoms with E-state index < -0.39 is 23.5 Å². The van der Waals surface area contributed by atoms with Gasteiger partial charge in [0.15, 0.2) is 5.82 Å². The van der Waals surface area contributed by atoms with Crippen LogP contribution in [0.4, 0.5) is 17.6 Å². The highest BCUT2D eigenvalue weighted by molar-refractivity contribution is 5.94. The molecule has 150 valence electrons. The zero-order valence-electron chi connectivity index (χ0n) is 15.2. The first-order valence-corrected chi connectivity index (χ1v) is 8.78. The van der Waals surface area contributed by atoms with Gasteiger partial charge in [-0.1, -0.05) is 12.1 Å². The van der Waals surface area contributed by atoms with Crippen LogP contribution in [-0.2, 0) is 19.1 Å². The van der Waals surface area contributed by atoms with Crippen LogP contribution in [0.25, 0.3) is 5.69 Å². The Balaban J connectivity index is 1.60. The molecule has 1 amide bonds. The predicted molar refractivity (Wildman–Crippen MR) is 93.7 cm³/mol. The third-order valence-electron chi connectivity index (χ3n) is 4.91. The number of benzene rings is 2. The van der Waals surface area contributed by atoms with Gasteiger partial charge in [0, 0.05) is 19.2 Å². The Kier molecular flexibility index (Phi) is 4.56. The lowest BCUT2D eigenvalue weighted by Crippen LogP contribution is -2.37. The molecule has 0 saturated carbocycles. The number of rotatable bonds is 2. The molecule has 0 N–H and O–H groups in total. The van der Waals surface area contributed by atoms with E-state index in [2.05, 4.69) is 15.5 Å². The van der Waals surface area contributed by atoms with E-state index >= 15 is 0 Å². The van der Waals surface area contributed by atoms with Crippen molar-refractivity contribution in [2.75, 3.05) is 6.54 Å². The van der Waals surface area contributed by atoms with Gasteiger partial charge in [0.2, 0.25) is 0 Å². The van der Waals surface area contributed by atoms with E-state index in [0.717, 1.165) is 12.1 Å². The molecular formula is C19H15F4N5O. The fourth-order valence-corrected chi connectivity index (χ4v) is 3.50. The number of carbonyl (C=O) groups is 1. The number of aryl methyl sites for hydroxylation is 1. The fourth-order valence-electron chi connectivity index (χ4n) is 3.50. The number of tetrazole rings is 1. The second-order valence-corrected chi connectivity index (χ2v) is 6.72. The van der Waals surface area contributed by atoms with Crippen molar-refractivity contribution in [1.82, 2.24) is 25.1 Å². The molecule has 0 radical (unpaired) electrons. The van der Waals surface area contributed by atoms with Crippen LogP contribution in [0, 0.1) is 12.7 Å². The van der Waals surface area contributed by atoms with Crippen LogP contribution in [0.1, 0.15) is 32.9 Å². The number of nitrogens with zero attached hydrogens (tertiary/aromatic N) is 5. The highest BCUT2D eigenvalue weighted by atomic mass is 19.4. The largest absolute Gasteiger partial charge is 0.416 e. The number of hydrogen-bond acceptors (Lipinski definition) is 4. The van der Waals surface area contributed by atoms with E-state index in [1.54, 1.807) is 13.0 Å². The molecule has 10 heteroatoms. The third kappa shape index (κ3) is 3.45. The molecule has 1 aliphatic heterocycles. The number of alkyl halides is 3. The summed E-state index contributed by atoms with van der Waals surface area (Å²) in [5.74, 6) is -0.876. The molecule has 1 aliphatic rings. The van der Waals surface area contributed by atoms with E-state index in [1.165, 1.54) is 27.8 Å². The van der Waals surface area contributed by atoms with Crippen molar-refractivity contribution in [1.29, 1.82) is 0 Å². The number of carbonyl (C=O) groups excluding carboxylic acids is 1. The molecule has 0 aliphatic carbocycles. The quantitative estimate of drug-likeness (QED) is 0.614. The zero-order chi connectivity index (χ0) is 20.8. The molecular weight excluding hydrogens is 390 g/mol. The molecule has 29 heavy (non-hydrogen) atoms. The first-order valence-electron chi connectivity index (χ1n) is 8.78. The van der Waals surface area contributed by atoms with Gasteiger partial charge in [-0.05, 0) is 53.1 Å². The lowest BCUT2D eigenvalue weighted by Gasteiger charge is -2.30. The van der Waals surface area contributed by atoms with E-state index in [1.807, 2.05) is 0 Å². The molecule has 2 heterocycles. The van der Waals surface area contributed by atoms with Crippen molar-refractivity contribution in [3.8, 4) is 5.69 Å². The van der Waals surface area contributed by atoms with Crippen LogP contribution in [-0.4, -0.2) is 37.6 Å². The van der Waals surface area contributed by atoms with Crippen molar-refractivity contribution >= 4 is 5.91 Å². The summed E-state index contributed by atoms with van der Waals surface area (Å²) in [7, 11) is 0. The van der Waals surface area contributed by atoms with E-state index in [4.69, 9.17) is 0 Å². The first-order chi connectivity index (χ1) is 13.8. The summed E-state index contributed by atoms with van der Waals surface area (Å²) < 4.78 is 55.5. The number of halogens is 4. The second-order valence-electron chi connectivity index (χ2n) is 6.72. The molecule has 0 fully saturated rings. The summed E-state index contributed by atoms with van der Waals surface area (Å²) in [5.41, 5.74) is 0.125. The van der Waals surface area contributed by atoms with Crippen LogP contribution in [0.5, 0.6) is 0 Å². The Morgan fingerprint density at radius 3 is 2.62 bits per heavy atom. The maximum atomic E-state index is 14.6. The van der Waals surface area contributed by atoms with Gasteiger partial charge >= 0.3 is 6.18 Å². The van der Waals surface area contributed by atoms with Crippen molar-refractivity contribution in [3.05, 3.63) is 70.3 Å². The third-order valence-corrected chi connectivity index (χ3v) is 4.91. The molecule has 3 aromatic rings. The number of amides is 1. The first kappa shape index (κ1) is 19.0. The summed E-state index contributed by atoms with van der Waals surface area (Å²) in [6.07, 6.45) is -4.39. The second kappa shape index (κ2) is 6.94. The smallest absolute Gasteiger partial charge is 0.334 e. The molecule has 0 saturated heterocycles. The van der Waals surface area contributed by atoms with Crippen molar-refractivity contribution < 1.29 is 22.4 Å². The van der Waals surface area contributed by atoms with Crippen molar-refractivity contribution in [2.24, 2.45) is 0 Å². The standard InChI is InChI=1S/C19H15F4N5O/c1-11-24-25-26-28(11)13-5-6-15(17(20)9-13)18(29)27-8-7-14-12(10-27)3-2-4-16(14)19(21,22)23/h2-6,9H,7-8,10H2,1H3. The lowest BCUT2D eigenvalue weighted by atomic mass is 9.93. The van der Waals surface area contributed by atoms with Gasteiger partial charge in [-0.25, -0.2) is 4.39 Å². The molecule has 0 bridgehead atoms. The Morgan fingerprint density at radius 2 is 1.97 bits per heavy atom. The van der Waals surface area contributed by atoms with E-state index in [-0.39, 0.29) is 30.6 Å². The van der Waals surface area contributed by atoms with Gasteiger partial charge in [-0.3, -0.25) is 4.79 Å². The summed E-state index contributed by atoms with van der Waals surface area (Å²) in [6.45, 7) is 1.72. The molecule has 6 nitrogen and oxygen atoms in total. The van der Waals surface area contributed by atoms with Crippen LogP contribution in [0.15, 0.2) is 36.4 Å². The van der Waals surface area contributed by atoms with Gasteiger partial charge in [0.05, 0.1) is 16.8 Å². The van der Waals surface area contributed by atoms with Crippen LogP contribution in [0.2, 0.25) is 0 Å². The average Bonchev–Trinajstić information content (AvgIpc) is 3.11. The summed E-state index contributed by atoms with van der Waals surface area (Å²) in [4.78, 5) is 14.1. The van der Waals surface area contributed by atoms with Crippen LogP contribution < -0.4 is 0 Å². The van der Waals surface area contributed by atoms with E-state index in [0.29, 0.717) is 17.1 Å². The van der Waals surface area contributed by atoms with Crippen molar-refractivity contribution in [3.63, 3.8) is 0 Å². The molecule has 0 atom stereocenters. The number of fused-ring (bicyclic) bond motifs is 1. The van der Waals surface area contributed by atoms with Gasteiger partial charge in [0.25, 0.3) is 5.91 Å². The Bertz CT molecular complexity index is 1090. The van der Waals surface area contributed by atoms with Gasteiger partial charge < -0.3 is 4.90 Å². The normalized spacial score (nSPS) is 14.0. The minimum atomic E-state index is -4.45. The minimum Gasteiger partial charge on any atom is -0.334 e. The summed E-state index contributed by atoms with van der Waals surface area (Å²) in [5, 5.41) is 11.0.